The van der Waals surface area contributed by atoms with E-state index in [4.69, 9.17) is 0 Å². The van der Waals surface area contributed by atoms with Gasteiger partial charge in [-0.15, -0.1) is 0 Å². The molecule has 0 aliphatic heterocycles. The van der Waals surface area contributed by atoms with Gasteiger partial charge < -0.3 is 0 Å². The van der Waals surface area contributed by atoms with Crippen LogP contribution in [0.5, 0.6) is 0 Å². The summed E-state index contributed by atoms with van der Waals surface area (Å²) in [6.07, 6.45) is 3.66. The minimum Gasteiger partial charge on any atom is -0.286 e. The molecular formula is C25H35O5S5. The molecular weight excluding hydrogens is 541 g/mol. The molecule has 1 rings (SSSR count). The lowest BCUT2D eigenvalue weighted by Crippen LogP contribution is -2.28. The Morgan fingerprint density at radius 3 is 0.629 bits per heavy atom. The minimum atomic E-state index is -0.429. The summed E-state index contributed by atoms with van der Waals surface area (Å²) >= 11 is 5.12. The molecule has 1 saturated carbocycles. The van der Waals surface area contributed by atoms with Gasteiger partial charge in [-0.2, -0.15) is 0 Å². The standard InChI is InChI=1S/C25H35O5S5/c1-6-11-31-21(26)16-17(22(27)32-12-7-2)19(24(29)34-14-9-4)20(25(30)35-15-10-5)18(16)23(28)33-13-8-3/h6-15H2,1-5H3. The molecule has 0 aromatic heterocycles. The van der Waals surface area contributed by atoms with Crippen LogP contribution in [-0.4, -0.2) is 54.3 Å². The molecule has 195 valence electrons. The van der Waals surface area contributed by atoms with Crippen LogP contribution >= 0.6 is 58.8 Å². The molecule has 35 heavy (non-hydrogen) atoms. The summed E-state index contributed by atoms with van der Waals surface area (Å²) in [6, 6.07) is 0. The quantitative estimate of drug-likeness (QED) is 0.224. The van der Waals surface area contributed by atoms with E-state index in [0.29, 0.717) is 28.8 Å². The second-order valence-electron chi connectivity index (χ2n) is 7.55. The molecule has 5 nitrogen and oxygen atoms in total. The van der Waals surface area contributed by atoms with Crippen LogP contribution in [0.15, 0.2) is 0 Å². The van der Waals surface area contributed by atoms with Crippen molar-refractivity contribution >= 4 is 84.4 Å². The van der Waals surface area contributed by atoms with Crippen LogP contribution in [-0.2, 0) is 24.0 Å². The van der Waals surface area contributed by atoms with Crippen molar-refractivity contribution < 1.29 is 24.0 Å². The maximum absolute atomic E-state index is 13.4. The molecule has 0 saturated heterocycles. The number of hydrogen-bond donors (Lipinski definition) is 0. The topological polar surface area (TPSA) is 85.3 Å². The van der Waals surface area contributed by atoms with E-state index in [1.54, 1.807) is 0 Å². The SMILES string of the molecule is CCCSC(=O)[C]1[C](C(=O)SCCC)[C](C(=O)SCCC)[C](C(=O)SCCC)[C]1C(=O)SCCC. The van der Waals surface area contributed by atoms with Gasteiger partial charge in [0, 0.05) is 28.8 Å². The number of thioether (sulfide) groups is 5. The summed E-state index contributed by atoms with van der Waals surface area (Å²) in [5.74, 6) is 2.31. The van der Waals surface area contributed by atoms with Crippen molar-refractivity contribution in [3.8, 4) is 0 Å². The molecule has 5 radical (unpaired) electrons. The zero-order chi connectivity index (χ0) is 26.4. The van der Waals surface area contributed by atoms with E-state index in [0.717, 1.165) is 90.9 Å². The zero-order valence-electron chi connectivity index (χ0n) is 21.2. The Morgan fingerprint density at radius 1 is 0.371 bits per heavy atom. The van der Waals surface area contributed by atoms with E-state index in [9.17, 15) is 24.0 Å². The Hall–Kier alpha value is 0.1000. The van der Waals surface area contributed by atoms with E-state index < -0.39 is 25.6 Å². The van der Waals surface area contributed by atoms with Crippen LogP contribution in [0, 0.1) is 29.6 Å². The molecule has 0 amide bonds. The molecule has 0 heterocycles. The third-order valence-electron chi connectivity index (χ3n) is 4.46. The Balaban J connectivity index is 3.67. The van der Waals surface area contributed by atoms with Gasteiger partial charge in [-0.25, -0.2) is 0 Å². The highest BCUT2D eigenvalue weighted by Gasteiger charge is 2.65. The van der Waals surface area contributed by atoms with Gasteiger partial charge >= 0.3 is 0 Å². The van der Waals surface area contributed by atoms with Crippen molar-refractivity contribution in [2.45, 2.75) is 66.7 Å². The summed E-state index contributed by atoms with van der Waals surface area (Å²) in [7, 11) is 0. The van der Waals surface area contributed by atoms with Crippen molar-refractivity contribution in [3.05, 3.63) is 29.6 Å². The van der Waals surface area contributed by atoms with E-state index in [1.165, 1.54) is 0 Å². The van der Waals surface area contributed by atoms with Crippen LogP contribution < -0.4 is 0 Å². The van der Waals surface area contributed by atoms with E-state index in [2.05, 4.69) is 0 Å². The zero-order valence-corrected chi connectivity index (χ0v) is 25.2. The molecule has 0 N–H and O–H groups in total. The maximum atomic E-state index is 13.4. The molecule has 0 unspecified atom stereocenters. The number of hydrogen-bond acceptors (Lipinski definition) is 10. The molecule has 1 fully saturated rings. The number of carbonyl (C=O) groups excluding carboxylic acids is 5. The Bertz CT molecular complexity index is 580. The van der Waals surface area contributed by atoms with Gasteiger partial charge in [0.05, 0.1) is 29.6 Å². The van der Waals surface area contributed by atoms with Gasteiger partial charge in [0.25, 0.3) is 0 Å². The van der Waals surface area contributed by atoms with Crippen molar-refractivity contribution in [2.24, 2.45) is 0 Å². The summed E-state index contributed by atoms with van der Waals surface area (Å²) in [6.45, 7) is 9.67. The number of carbonyl (C=O) groups is 5. The normalized spacial score (nSPS) is 16.1. The van der Waals surface area contributed by atoms with Crippen LogP contribution in [0.25, 0.3) is 0 Å². The molecule has 0 atom stereocenters. The van der Waals surface area contributed by atoms with Crippen LogP contribution in [0.1, 0.15) is 66.7 Å². The van der Waals surface area contributed by atoms with Crippen molar-refractivity contribution in [1.82, 2.24) is 0 Å². The average molecular weight is 576 g/mol. The van der Waals surface area contributed by atoms with Crippen LogP contribution in [0.2, 0.25) is 0 Å². The van der Waals surface area contributed by atoms with Crippen molar-refractivity contribution in [2.75, 3.05) is 28.8 Å². The first-order valence-corrected chi connectivity index (χ1v) is 16.9. The predicted octanol–water partition coefficient (Wildman–Crippen LogP) is 6.22. The third-order valence-corrected chi connectivity index (χ3v) is 9.85. The fourth-order valence-corrected chi connectivity index (χ4v) is 6.67. The largest absolute Gasteiger partial charge is 0.286 e. The smallest absolute Gasteiger partial charge is 0.198 e. The first kappa shape index (κ1) is 33.1. The fourth-order valence-electron chi connectivity index (χ4n) is 2.98. The lowest BCUT2D eigenvalue weighted by Gasteiger charge is -2.21. The highest BCUT2D eigenvalue weighted by atomic mass is 32.2. The molecule has 10 heteroatoms. The monoisotopic (exact) mass is 575 g/mol. The summed E-state index contributed by atoms with van der Waals surface area (Å²) < 4.78 is 0. The molecule has 0 bridgehead atoms. The Morgan fingerprint density at radius 2 is 0.514 bits per heavy atom. The first-order valence-electron chi connectivity index (χ1n) is 12.0. The van der Waals surface area contributed by atoms with Gasteiger partial charge in [0.2, 0.25) is 0 Å². The lowest BCUT2D eigenvalue weighted by molar-refractivity contribution is -0.114. The Labute approximate surface area is 232 Å². The lowest BCUT2D eigenvalue weighted by atomic mass is 9.89. The van der Waals surface area contributed by atoms with Crippen LogP contribution in [0.3, 0.4) is 0 Å². The molecule has 1 aliphatic rings. The van der Waals surface area contributed by atoms with Crippen molar-refractivity contribution in [3.63, 3.8) is 0 Å². The Kier molecular flexibility index (Phi) is 17.4. The van der Waals surface area contributed by atoms with Gasteiger partial charge in [-0.05, 0) is 32.1 Å². The van der Waals surface area contributed by atoms with Crippen LogP contribution in [0.4, 0.5) is 0 Å². The van der Waals surface area contributed by atoms with Crippen molar-refractivity contribution in [1.29, 1.82) is 0 Å². The maximum Gasteiger partial charge on any atom is 0.198 e. The molecule has 0 aromatic carbocycles. The highest BCUT2D eigenvalue weighted by molar-refractivity contribution is 8.16. The minimum absolute atomic E-state index is 0.0495. The second-order valence-corrected chi connectivity index (χ2v) is 12.9. The molecule has 1 aliphatic carbocycles. The van der Waals surface area contributed by atoms with E-state index in [1.807, 2.05) is 34.6 Å². The van der Waals surface area contributed by atoms with E-state index in [-0.39, 0.29) is 29.6 Å². The van der Waals surface area contributed by atoms with Gasteiger partial charge in [0.1, 0.15) is 0 Å². The average Bonchev–Trinajstić information content (AvgIpc) is 3.22. The first-order chi connectivity index (χ1) is 16.8. The molecule has 0 aromatic rings. The fraction of sp³-hybridized carbons (Fsp3) is 0.600. The predicted molar refractivity (Wildman–Crippen MR) is 155 cm³/mol. The highest BCUT2D eigenvalue weighted by Crippen LogP contribution is 2.59. The second kappa shape index (κ2) is 18.4. The summed E-state index contributed by atoms with van der Waals surface area (Å²) in [5.41, 5.74) is 0. The van der Waals surface area contributed by atoms with Gasteiger partial charge in [-0.3, -0.25) is 24.0 Å². The number of rotatable bonds is 15. The van der Waals surface area contributed by atoms with Gasteiger partial charge in [-0.1, -0.05) is 93.4 Å². The third kappa shape index (κ3) is 9.73. The summed E-state index contributed by atoms with van der Waals surface area (Å²) in [4.78, 5) is 67.2. The van der Waals surface area contributed by atoms with E-state index >= 15 is 0 Å². The summed E-state index contributed by atoms with van der Waals surface area (Å²) in [5, 5.41) is -2.14. The molecule has 0 spiro atoms. The van der Waals surface area contributed by atoms with Gasteiger partial charge in [0.15, 0.2) is 25.6 Å².